The molecule has 1 aromatic carbocycles. The highest BCUT2D eigenvalue weighted by Crippen LogP contribution is 2.18. The molecule has 0 aliphatic heterocycles. The van der Waals surface area contributed by atoms with Crippen LogP contribution >= 0.6 is 0 Å². The molecule has 1 rings (SSSR count). The van der Waals surface area contributed by atoms with Crippen molar-refractivity contribution in [1.29, 1.82) is 0 Å². The molecule has 4 nitrogen and oxygen atoms in total. The Labute approximate surface area is 102 Å². The van der Waals surface area contributed by atoms with Crippen LogP contribution in [0.15, 0.2) is 24.3 Å². The molecule has 0 saturated carbocycles. The van der Waals surface area contributed by atoms with Gasteiger partial charge in [0.1, 0.15) is 5.75 Å². The van der Waals surface area contributed by atoms with Gasteiger partial charge in [-0.3, -0.25) is 4.79 Å². The van der Waals surface area contributed by atoms with E-state index in [1.54, 1.807) is 19.9 Å². The highest BCUT2D eigenvalue weighted by molar-refractivity contribution is 5.97. The number of nitrogens with one attached hydrogen (secondary N) is 1. The van der Waals surface area contributed by atoms with E-state index in [2.05, 4.69) is 5.32 Å². The van der Waals surface area contributed by atoms with Crippen molar-refractivity contribution < 1.29 is 9.53 Å². The molecule has 0 fully saturated rings. The first kappa shape index (κ1) is 13.5. The topological polar surface area (TPSA) is 64.3 Å². The van der Waals surface area contributed by atoms with Crippen LogP contribution in [0, 0.1) is 0 Å². The number of anilines is 1. The number of benzene rings is 1. The van der Waals surface area contributed by atoms with Crippen molar-refractivity contribution in [2.45, 2.75) is 32.7 Å². The lowest BCUT2D eigenvalue weighted by molar-refractivity contribution is -0.120. The molecular formula is C13H20N2O2. The molecule has 4 heteroatoms. The van der Waals surface area contributed by atoms with Gasteiger partial charge in [-0.15, -0.1) is 0 Å². The number of amides is 1. The van der Waals surface area contributed by atoms with Crippen LogP contribution < -0.4 is 15.8 Å². The lowest BCUT2D eigenvalue weighted by Gasteiger charge is -2.18. The third-order valence-corrected chi connectivity index (χ3v) is 2.15. The van der Waals surface area contributed by atoms with Crippen LogP contribution in [-0.2, 0) is 4.79 Å². The fraction of sp³-hybridized carbons (Fsp3) is 0.462. The third-order valence-electron chi connectivity index (χ3n) is 2.15. The Bertz CT molecular complexity index is 383. The van der Waals surface area contributed by atoms with Crippen molar-refractivity contribution in [3.05, 3.63) is 24.3 Å². The standard InChI is InChI=1S/C13H20N2O2/c1-4-8-17-11-7-5-6-10(9-11)15-12(16)13(2,3)14/h5-7,9H,4,8,14H2,1-3H3,(H,15,16). The molecule has 94 valence electrons. The highest BCUT2D eigenvalue weighted by atomic mass is 16.5. The molecule has 0 aliphatic rings. The number of carbonyl (C=O) groups is 1. The summed E-state index contributed by atoms with van der Waals surface area (Å²) in [5.74, 6) is 0.532. The Balaban J connectivity index is 2.69. The number of carbonyl (C=O) groups excluding carboxylic acids is 1. The Morgan fingerprint density at radius 1 is 1.47 bits per heavy atom. The second-order valence-corrected chi connectivity index (χ2v) is 4.55. The van der Waals surface area contributed by atoms with Gasteiger partial charge in [0.2, 0.25) is 5.91 Å². The molecule has 0 heterocycles. The van der Waals surface area contributed by atoms with E-state index in [1.807, 2.05) is 25.1 Å². The summed E-state index contributed by atoms with van der Waals surface area (Å²) in [5, 5.41) is 2.75. The van der Waals surface area contributed by atoms with Crippen LogP contribution in [0.1, 0.15) is 27.2 Å². The van der Waals surface area contributed by atoms with Crippen LogP contribution in [0.2, 0.25) is 0 Å². The summed E-state index contributed by atoms with van der Waals surface area (Å²) < 4.78 is 5.48. The fourth-order valence-corrected chi connectivity index (χ4v) is 1.18. The summed E-state index contributed by atoms with van der Waals surface area (Å²) in [6.45, 7) is 6.04. The van der Waals surface area contributed by atoms with Gasteiger partial charge >= 0.3 is 0 Å². The van der Waals surface area contributed by atoms with E-state index in [0.29, 0.717) is 12.3 Å². The maximum absolute atomic E-state index is 11.7. The molecule has 0 unspecified atom stereocenters. The van der Waals surface area contributed by atoms with Crippen LogP contribution in [0.5, 0.6) is 5.75 Å². The van der Waals surface area contributed by atoms with Crippen molar-refractivity contribution in [2.75, 3.05) is 11.9 Å². The molecule has 0 radical (unpaired) electrons. The second-order valence-electron chi connectivity index (χ2n) is 4.55. The largest absolute Gasteiger partial charge is 0.494 e. The van der Waals surface area contributed by atoms with E-state index < -0.39 is 5.54 Å². The van der Waals surface area contributed by atoms with E-state index in [9.17, 15) is 4.79 Å². The number of ether oxygens (including phenoxy) is 1. The minimum Gasteiger partial charge on any atom is -0.494 e. The molecule has 0 spiro atoms. The van der Waals surface area contributed by atoms with Gasteiger partial charge in [-0.1, -0.05) is 13.0 Å². The summed E-state index contributed by atoms with van der Waals surface area (Å²) in [6.07, 6.45) is 0.951. The van der Waals surface area contributed by atoms with Gasteiger partial charge in [-0.2, -0.15) is 0 Å². The molecule has 0 saturated heterocycles. The summed E-state index contributed by atoms with van der Waals surface area (Å²) >= 11 is 0. The monoisotopic (exact) mass is 236 g/mol. The lowest BCUT2D eigenvalue weighted by Crippen LogP contribution is -2.45. The number of hydrogen-bond donors (Lipinski definition) is 2. The van der Waals surface area contributed by atoms with E-state index >= 15 is 0 Å². The molecule has 3 N–H and O–H groups in total. The fourth-order valence-electron chi connectivity index (χ4n) is 1.18. The average molecular weight is 236 g/mol. The minimum atomic E-state index is -0.889. The Hall–Kier alpha value is -1.55. The van der Waals surface area contributed by atoms with E-state index in [-0.39, 0.29) is 5.91 Å². The molecule has 17 heavy (non-hydrogen) atoms. The molecule has 1 aromatic rings. The number of nitrogens with two attached hydrogens (primary N) is 1. The smallest absolute Gasteiger partial charge is 0.243 e. The maximum atomic E-state index is 11.7. The lowest BCUT2D eigenvalue weighted by atomic mass is 10.1. The zero-order valence-corrected chi connectivity index (χ0v) is 10.6. The van der Waals surface area contributed by atoms with Crippen molar-refractivity contribution in [3.63, 3.8) is 0 Å². The van der Waals surface area contributed by atoms with Gasteiger partial charge in [0.15, 0.2) is 0 Å². The van der Waals surface area contributed by atoms with E-state index in [1.165, 1.54) is 0 Å². The van der Waals surface area contributed by atoms with Crippen molar-refractivity contribution in [3.8, 4) is 5.75 Å². The van der Waals surface area contributed by atoms with Gasteiger partial charge in [-0.25, -0.2) is 0 Å². The molecular weight excluding hydrogens is 216 g/mol. The molecule has 1 amide bonds. The highest BCUT2D eigenvalue weighted by Gasteiger charge is 2.21. The van der Waals surface area contributed by atoms with Crippen molar-refractivity contribution in [1.82, 2.24) is 0 Å². The molecule has 0 aromatic heterocycles. The summed E-state index contributed by atoms with van der Waals surface area (Å²) in [6, 6.07) is 7.30. The predicted octanol–water partition coefficient (Wildman–Crippen LogP) is 2.15. The summed E-state index contributed by atoms with van der Waals surface area (Å²) in [5.41, 5.74) is 5.51. The SMILES string of the molecule is CCCOc1cccc(NC(=O)C(C)(C)N)c1. The predicted molar refractivity (Wildman–Crippen MR) is 69.1 cm³/mol. The maximum Gasteiger partial charge on any atom is 0.243 e. The molecule has 0 atom stereocenters. The van der Waals surface area contributed by atoms with Gasteiger partial charge in [0, 0.05) is 11.8 Å². The van der Waals surface area contributed by atoms with E-state index in [4.69, 9.17) is 10.5 Å². The summed E-state index contributed by atoms with van der Waals surface area (Å²) in [7, 11) is 0. The van der Waals surface area contributed by atoms with Crippen LogP contribution in [0.3, 0.4) is 0 Å². The first-order valence-corrected chi connectivity index (χ1v) is 5.76. The summed E-state index contributed by atoms with van der Waals surface area (Å²) in [4.78, 5) is 11.7. The van der Waals surface area contributed by atoms with Crippen molar-refractivity contribution >= 4 is 11.6 Å². The zero-order chi connectivity index (χ0) is 12.9. The van der Waals surface area contributed by atoms with Gasteiger partial charge in [0.25, 0.3) is 0 Å². The first-order valence-electron chi connectivity index (χ1n) is 5.76. The van der Waals surface area contributed by atoms with Crippen molar-refractivity contribution in [2.24, 2.45) is 5.73 Å². The Morgan fingerprint density at radius 2 is 2.18 bits per heavy atom. The Morgan fingerprint density at radius 3 is 2.76 bits per heavy atom. The quantitative estimate of drug-likeness (QED) is 0.823. The number of rotatable bonds is 5. The van der Waals surface area contributed by atoms with Gasteiger partial charge in [0.05, 0.1) is 12.1 Å². The average Bonchev–Trinajstić information content (AvgIpc) is 2.25. The van der Waals surface area contributed by atoms with Crippen LogP contribution in [0.25, 0.3) is 0 Å². The van der Waals surface area contributed by atoms with Gasteiger partial charge < -0.3 is 15.8 Å². The molecule has 0 aliphatic carbocycles. The van der Waals surface area contributed by atoms with Gasteiger partial charge in [-0.05, 0) is 32.4 Å². The minimum absolute atomic E-state index is 0.217. The second kappa shape index (κ2) is 5.68. The van der Waals surface area contributed by atoms with Crippen LogP contribution in [-0.4, -0.2) is 18.1 Å². The zero-order valence-electron chi connectivity index (χ0n) is 10.6. The Kier molecular flexibility index (Phi) is 4.52. The normalized spacial score (nSPS) is 11.1. The van der Waals surface area contributed by atoms with E-state index in [0.717, 1.165) is 12.2 Å². The third kappa shape index (κ3) is 4.44. The number of hydrogen-bond acceptors (Lipinski definition) is 3. The molecule has 0 bridgehead atoms. The van der Waals surface area contributed by atoms with Crippen LogP contribution in [0.4, 0.5) is 5.69 Å². The first-order chi connectivity index (χ1) is 7.93.